The van der Waals surface area contributed by atoms with Crippen molar-refractivity contribution in [2.75, 3.05) is 29.9 Å². The lowest BCUT2D eigenvalue weighted by Gasteiger charge is -2.24. The van der Waals surface area contributed by atoms with E-state index in [1.54, 1.807) is 70.7 Å². The standard InChI is InChI=1S/C32H42N4O6/c1-31(2,3)41-28(38)23-11-13-24(14-12-23)33-27(37)26(34-29(39)42-32(4,5)6)19-21-9-15-25(16-10-21)36-18-17-35(30(36)40)20-22-7-8-22/h9-16,22,26H,7-8,17-20H2,1-6H3,(H,33,37)(H,34,39). The summed E-state index contributed by atoms with van der Waals surface area (Å²) in [4.78, 5) is 54.8. The van der Waals surface area contributed by atoms with Crippen LogP contribution in [0, 0.1) is 5.92 Å². The summed E-state index contributed by atoms with van der Waals surface area (Å²) in [5.74, 6) is -0.264. The summed E-state index contributed by atoms with van der Waals surface area (Å²) in [7, 11) is 0. The second kappa shape index (κ2) is 12.4. The Labute approximate surface area is 247 Å². The molecule has 10 heteroatoms. The van der Waals surface area contributed by atoms with Crippen LogP contribution in [0.4, 0.5) is 21.0 Å². The third-order valence-electron chi connectivity index (χ3n) is 6.75. The predicted octanol–water partition coefficient (Wildman–Crippen LogP) is 5.37. The number of urea groups is 1. The number of nitrogens with one attached hydrogen (secondary N) is 2. The summed E-state index contributed by atoms with van der Waals surface area (Å²) in [5, 5.41) is 5.50. The van der Waals surface area contributed by atoms with E-state index in [0.29, 0.717) is 23.7 Å². The number of hydrogen-bond donors (Lipinski definition) is 2. The summed E-state index contributed by atoms with van der Waals surface area (Å²) < 4.78 is 10.8. The smallest absolute Gasteiger partial charge is 0.408 e. The monoisotopic (exact) mass is 578 g/mol. The highest BCUT2D eigenvalue weighted by atomic mass is 16.6. The average Bonchev–Trinajstić information content (AvgIpc) is 3.63. The maximum atomic E-state index is 13.3. The van der Waals surface area contributed by atoms with E-state index in [1.807, 2.05) is 29.2 Å². The molecule has 2 aromatic carbocycles. The molecule has 0 aromatic heterocycles. The van der Waals surface area contributed by atoms with Gasteiger partial charge in [-0.3, -0.25) is 9.69 Å². The number of amides is 4. The number of alkyl carbamates (subject to hydrolysis) is 1. The number of anilines is 2. The SMILES string of the molecule is CC(C)(C)OC(=O)NC(Cc1ccc(N2CCN(CC3CC3)C2=O)cc1)C(=O)Nc1ccc(C(=O)OC(C)(C)C)cc1. The second-order valence-corrected chi connectivity index (χ2v) is 13.0. The molecular formula is C32H42N4O6. The zero-order valence-electron chi connectivity index (χ0n) is 25.4. The number of ether oxygens (including phenoxy) is 2. The highest BCUT2D eigenvalue weighted by molar-refractivity contribution is 5.98. The molecule has 4 rings (SSSR count). The van der Waals surface area contributed by atoms with Gasteiger partial charge in [0.2, 0.25) is 5.91 Å². The quantitative estimate of drug-likeness (QED) is 0.387. The van der Waals surface area contributed by atoms with Gasteiger partial charge in [0.15, 0.2) is 0 Å². The van der Waals surface area contributed by atoms with Crippen LogP contribution in [0.1, 0.15) is 70.3 Å². The molecule has 1 saturated carbocycles. The Bertz CT molecular complexity index is 1290. The van der Waals surface area contributed by atoms with Crippen LogP contribution >= 0.6 is 0 Å². The van der Waals surface area contributed by atoms with Crippen molar-refractivity contribution in [2.24, 2.45) is 5.92 Å². The number of carbonyl (C=O) groups is 4. The second-order valence-electron chi connectivity index (χ2n) is 13.0. The largest absolute Gasteiger partial charge is 0.456 e. The molecule has 0 spiro atoms. The van der Waals surface area contributed by atoms with Gasteiger partial charge < -0.3 is 25.0 Å². The number of esters is 1. The fourth-order valence-electron chi connectivity index (χ4n) is 4.57. The van der Waals surface area contributed by atoms with Gasteiger partial charge >= 0.3 is 18.1 Å². The van der Waals surface area contributed by atoms with Crippen molar-refractivity contribution < 1.29 is 28.7 Å². The van der Waals surface area contributed by atoms with Crippen LogP contribution in [0.2, 0.25) is 0 Å². The average molecular weight is 579 g/mol. The van der Waals surface area contributed by atoms with Crippen molar-refractivity contribution in [3.05, 3.63) is 59.7 Å². The lowest BCUT2D eigenvalue weighted by molar-refractivity contribution is -0.118. The van der Waals surface area contributed by atoms with Gasteiger partial charge in [-0.25, -0.2) is 14.4 Å². The summed E-state index contributed by atoms with van der Waals surface area (Å²) in [6.45, 7) is 12.8. The van der Waals surface area contributed by atoms with E-state index >= 15 is 0 Å². The van der Waals surface area contributed by atoms with Crippen LogP contribution in [-0.2, 0) is 20.7 Å². The maximum absolute atomic E-state index is 13.3. The fourth-order valence-corrected chi connectivity index (χ4v) is 4.57. The predicted molar refractivity (Wildman–Crippen MR) is 161 cm³/mol. The highest BCUT2D eigenvalue weighted by Crippen LogP contribution is 2.31. The normalized spacial score (nSPS) is 16.2. The van der Waals surface area contributed by atoms with Gasteiger partial charge in [-0.2, -0.15) is 0 Å². The van der Waals surface area contributed by atoms with Crippen LogP contribution in [0.25, 0.3) is 0 Å². The first-order chi connectivity index (χ1) is 19.7. The molecule has 1 aliphatic heterocycles. The first-order valence-electron chi connectivity index (χ1n) is 14.5. The first-order valence-corrected chi connectivity index (χ1v) is 14.5. The minimum atomic E-state index is -0.946. The number of benzene rings is 2. The number of carbonyl (C=O) groups excluding carboxylic acids is 4. The van der Waals surface area contributed by atoms with Crippen LogP contribution < -0.4 is 15.5 Å². The molecule has 1 saturated heterocycles. The van der Waals surface area contributed by atoms with Gasteiger partial charge in [0.1, 0.15) is 17.2 Å². The topological polar surface area (TPSA) is 117 Å². The third-order valence-corrected chi connectivity index (χ3v) is 6.75. The van der Waals surface area contributed by atoms with Gasteiger partial charge in [-0.1, -0.05) is 12.1 Å². The van der Waals surface area contributed by atoms with Crippen molar-refractivity contribution >= 4 is 35.4 Å². The molecule has 2 N–H and O–H groups in total. The Morgan fingerprint density at radius 3 is 2.07 bits per heavy atom. The summed E-state index contributed by atoms with van der Waals surface area (Å²) in [6.07, 6.45) is 1.88. The van der Waals surface area contributed by atoms with Crippen molar-refractivity contribution in [3.63, 3.8) is 0 Å². The molecule has 0 radical (unpaired) electrons. The Hall–Kier alpha value is -4.08. The lowest BCUT2D eigenvalue weighted by atomic mass is 10.0. The van der Waals surface area contributed by atoms with Gasteiger partial charge in [-0.05, 0) is 102 Å². The molecule has 2 aromatic rings. The van der Waals surface area contributed by atoms with E-state index in [9.17, 15) is 19.2 Å². The molecule has 10 nitrogen and oxygen atoms in total. The van der Waals surface area contributed by atoms with E-state index < -0.39 is 35.2 Å². The highest BCUT2D eigenvalue weighted by Gasteiger charge is 2.34. The molecule has 1 unspecified atom stereocenters. The third kappa shape index (κ3) is 8.96. The zero-order valence-corrected chi connectivity index (χ0v) is 25.4. The van der Waals surface area contributed by atoms with Crippen LogP contribution in [0.5, 0.6) is 0 Å². The Morgan fingerprint density at radius 1 is 0.881 bits per heavy atom. The molecule has 2 aliphatic rings. The Kier molecular flexibility index (Phi) is 9.13. The van der Waals surface area contributed by atoms with Crippen molar-refractivity contribution in [1.82, 2.24) is 10.2 Å². The summed E-state index contributed by atoms with van der Waals surface area (Å²) in [5.41, 5.74) is 1.06. The fraction of sp³-hybridized carbons (Fsp3) is 0.500. The van der Waals surface area contributed by atoms with E-state index in [4.69, 9.17) is 9.47 Å². The molecule has 42 heavy (non-hydrogen) atoms. The minimum Gasteiger partial charge on any atom is -0.456 e. The molecule has 1 atom stereocenters. The van der Waals surface area contributed by atoms with Crippen molar-refractivity contribution in [1.29, 1.82) is 0 Å². The van der Waals surface area contributed by atoms with E-state index in [-0.39, 0.29) is 12.5 Å². The number of nitrogens with zero attached hydrogens (tertiary/aromatic N) is 2. The van der Waals surface area contributed by atoms with Gasteiger partial charge in [0.05, 0.1) is 5.56 Å². The first kappa shape index (κ1) is 30.9. The molecule has 1 aliphatic carbocycles. The van der Waals surface area contributed by atoms with E-state index in [0.717, 1.165) is 24.3 Å². The van der Waals surface area contributed by atoms with Crippen LogP contribution in [0.15, 0.2) is 48.5 Å². The van der Waals surface area contributed by atoms with Crippen LogP contribution in [0.3, 0.4) is 0 Å². The zero-order chi connectivity index (χ0) is 30.7. The molecule has 226 valence electrons. The molecular weight excluding hydrogens is 536 g/mol. The van der Waals surface area contributed by atoms with E-state index in [1.165, 1.54) is 12.8 Å². The minimum absolute atomic E-state index is 0.0242. The van der Waals surface area contributed by atoms with Gasteiger partial charge in [0.25, 0.3) is 0 Å². The number of hydrogen-bond acceptors (Lipinski definition) is 6. The Balaban J connectivity index is 1.43. The molecule has 2 fully saturated rings. The van der Waals surface area contributed by atoms with Crippen molar-refractivity contribution in [3.8, 4) is 0 Å². The number of rotatable bonds is 9. The molecule has 4 amide bonds. The van der Waals surface area contributed by atoms with Gasteiger partial charge in [-0.15, -0.1) is 0 Å². The Morgan fingerprint density at radius 2 is 1.50 bits per heavy atom. The maximum Gasteiger partial charge on any atom is 0.408 e. The van der Waals surface area contributed by atoms with Gasteiger partial charge in [0, 0.05) is 37.4 Å². The summed E-state index contributed by atoms with van der Waals surface area (Å²) >= 11 is 0. The van der Waals surface area contributed by atoms with Crippen LogP contribution in [-0.4, -0.2) is 65.8 Å². The summed E-state index contributed by atoms with van der Waals surface area (Å²) in [6, 6.07) is 12.9. The molecule has 1 heterocycles. The molecule has 0 bridgehead atoms. The van der Waals surface area contributed by atoms with Crippen molar-refractivity contribution in [2.45, 2.75) is 78.0 Å². The lowest BCUT2D eigenvalue weighted by Crippen LogP contribution is -2.47. The van der Waals surface area contributed by atoms with E-state index in [2.05, 4.69) is 10.6 Å².